The van der Waals surface area contributed by atoms with E-state index in [4.69, 9.17) is 0 Å². The van der Waals surface area contributed by atoms with Crippen LogP contribution >= 0.6 is 0 Å². The number of hydrogen-bond acceptors (Lipinski definition) is 2. The molecule has 2 aliphatic carbocycles. The molecule has 0 radical (unpaired) electrons. The second-order valence-electron chi connectivity index (χ2n) is 5.51. The van der Waals surface area contributed by atoms with Crippen molar-refractivity contribution in [3.63, 3.8) is 0 Å². The second-order valence-corrected chi connectivity index (χ2v) is 5.51. The second kappa shape index (κ2) is 5.18. The highest BCUT2D eigenvalue weighted by atomic mass is 14.9. The summed E-state index contributed by atoms with van der Waals surface area (Å²) >= 11 is 0. The summed E-state index contributed by atoms with van der Waals surface area (Å²) in [6.45, 7) is 1.20. The van der Waals surface area contributed by atoms with Crippen molar-refractivity contribution >= 4 is 0 Å². The predicted octanol–water partition coefficient (Wildman–Crippen LogP) is 3.03. The maximum absolute atomic E-state index is 4.61. The van der Waals surface area contributed by atoms with Gasteiger partial charge in [-0.05, 0) is 63.1 Å². The van der Waals surface area contributed by atoms with Gasteiger partial charge in [0.25, 0.3) is 0 Å². The summed E-state index contributed by atoms with van der Waals surface area (Å²) in [6, 6.07) is 5.19. The van der Waals surface area contributed by atoms with Gasteiger partial charge in [0, 0.05) is 23.9 Å². The van der Waals surface area contributed by atoms with E-state index in [-0.39, 0.29) is 0 Å². The molecule has 0 aromatic carbocycles. The van der Waals surface area contributed by atoms with Crippen molar-refractivity contribution in [3.8, 4) is 0 Å². The topological polar surface area (TPSA) is 24.9 Å². The summed E-state index contributed by atoms with van der Waals surface area (Å²) in [5, 5.41) is 3.60. The monoisotopic (exact) mass is 230 g/mol. The van der Waals surface area contributed by atoms with E-state index >= 15 is 0 Å². The average Bonchev–Trinajstić information content (AvgIpc) is 3.19. The molecule has 2 nitrogen and oxygen atoms in total. The Kier molecular flexibility index (Phi) is 3.41. The summed E-state index contributed by atoms with van der Waals surface area (Å²) in [7, 11) is 0. The van der Waals surface area contributed by atoms with Crippen LogP contribution in [0.3, 0.4) is 0 Å². The predicted molar refractivity (Wildman–Crippen MR) is 70.2 cm³/mol. The number of fused-ring (bicyclic) bond motifs is 1. The summed E-state index contributed by atoms with van der Waals surface area (Å²) in [5.41, 5.74) is 2.89. The van der Waals surface area contributed by atoms with Crippen LogP contribution in [-0.2, 0) is 6.42 Å². The normalized spacial score (nSPS) is 23.4. The van der Waals surface area contributed by atoms with Crippen molar-refractivity contribution in [1.82, 2.24) is 10.3 Å². The Bertz CT molecular complexity index is 371. The van der Waals surface area contributed by atoms with Gasteiger partial charge in [0.2, 0.25) is 0 Å². The third kappa shape index (κ3) is 2.86. The molecule has 1 N–H and O–H groups in total. The Hall–Kier alpha value is -0.890. The van der Waals surface area contributed by atoms with E-state index in [0.29, 0.717) is 0 Å². The highest BCUT2D eigenvalue weighted by Crippen LogP contribution is 2.33. The van der Waals surface area contributed by atoms with Crippen LogP contribution in [-0.4, -0.2) is 17.6 Å². The van der Waals surface area contributed by atoms with Crippen molar-refractivity contribution in [1.29, 1.82) is 0 Å². The molecule has 17 heavy (non-hydrogen) atoms. The quantitative estimate of drug-likeness (QED) is 0.786. The first-order valence-corrected chi connectivity index (χ1v) is 7.10. The molecule has 0 amide bonds. The lowest BCUT2D eigenvalue weighted by Crippen LogP contribution is -2.19. The molecule has 1 atom stereocenters. The molecule has 2 aliphatic rings. The van der Waals surface area contributed by atoms with Gasteiger partial charge in [0.05, 0.1) is 0 Å². The van der Waals surface area contributed by atoms with Crippen LogP contribution in [0.15, 0.2) is 18.3 Å². The van der Waals surface area contributed by atoms with Crippen LogP contribution in [0, 0.1) is 0 Å². The first-order chi connectivity index (χ1) is 8.43. The maximum Gasteiger partial charge on any atom is 0.0466 e. The molecule has 1 heterocycles. The van der Waals surface area contributed by atoms with Crippen molar-refractivity contribution in [2.45, 2.75) is 56.9 Å². The number of aryl methyl sites for hydroxylation is 1. The first kappa shape index (κ1) is 11.2. The minimum Gasteiger partial charge on any atom is -0.314 e. The van der Waals surface area contributed by atoms with Crippen molar-refractivity contribution in [2.75, 3.05) is 6.54 Å². The molecule has 0 bridgehead atoms. The van der Waals surface area contributed by atoms with Crippen LogP contribution < -0.4 is 5.32 Å². The van der Waals surface area contributed by atoms with Crippen molar-refractivity contribution in [2.24, 2.45) is 0 Å². The third-order valence-electron chi connectivity index (χ3n) is 4.05. The largest absolute Gasteiger partial charge is 0.314 e. The molecule has 0 spiro atoms. The fourth-order valence-corrected chi connectivity index (χ4v) is 2.93. The minimum atomic E-state index is 0.723. The van der Waals surface area contributed by atoms with Crippen LogP contribution in [0.5, 0.6) is 0 Å². The highest BCUT2D eigenvalue weighted by Gasteiger charge is 2.22. The Morgan fingerprint density at radius 1 is 1.29 bits per heavy atom. The van der Waals surface area contributed by atoms with Gasteiger partial charge in [-0.1, -0.05) is 6.07 Å². The summed E-state index contributed by atoms with van der Waals surface area (Å²) < 4.78 is 0. The highest BCUT2D eigenvalue weighted by molar-refractivity contribution is 5.25. The zero-order chi connectivity index (χ0) is 11.5. The van der Waals surface area contributed by atoms with E-state index < -0.39 is 0 Å². The SMILES string of the molecule is c1cnc2c(c1)CCCC2CCCNC1CC1. The number of rotatable bonds is 5. The summed E-state index contributed by atoms with van der Waals surface area (Å²) in [4.78, 5) is 4.61. The van der Waals surface area contributed by atoms with Gasteiger partial charge in [0.1, 0.15) is 0 Å². The van der Waals surface area contributed by atoms with E-state index in [1.54, 1.807) is 0 Å². The Labute approximate surface area is 104 Å². The van der Waals surface area contributed by atoms with Crippen LogP contribution in [0.25, 0.3) is 0 Å². The van der Waals surface area contributed by atoms with Crippen LogP contribution in [0.4, 0.5) is 0 Å². The van der Waals surface area contributed by atoms with Gasteiger partial charge in [-0.3, -0.25) is 4.98 Å². The number of pyridine rings is 1. The van der Waals surface area contributed by atoms with E-state index in [1.165, 1.54) is 62.7 Å². The zero-order valence-electron chi connectivity index (χ0n) is 10.5. The first-order valence-electron chi connectivity index (χ1n) is 7.10. The lowest BCUT2D eigenvalue weighted by Gasteiger charge is -2.24. The molecule has 92 valence electrons. The molecule has 0 saturated heterocycles. The van der Waals surface area contributed by atoms with Gasteiger partial charge >= 0.3 is 0 Å². The Morgan fingerprint density at radius 3 is 3.12 bits per heavy atom. The van der Waals surface area contributed by atoms with Gasteiger partial charge < -0.3 is 5.32 Å². The van der Waals surface area contributed by atoms with E-state index in [1.807, 2.05) is 6.20 Å². The van der Waals surface area contributed by atoms with Gasteiger partial charge in [-0.15, -0.1) is 0 Å². The molecule has 1 aromatic heterocycles. The number of nitrogens with zero attached hydrogens (tertiary/aromatic N) is 1. The van der Waals surface area contributed by atoms with Crippen LogP contribution in [0.2, 0.25) is 0 Å². The average molecular weight is 230 g/mol. The fourth-order valence-electron chi connectivity index (χ4n) is 2.93. The number of aromatic nitrogens is 1. The minimum absolute atomic E-state index is 0.723. The van der Waals surface area contributed by atoms with E-state index in [2.05, 4.69) is 22.4 Å². The molecular weight excluding hydrogens is 208 g/mol. The smallest absolute Gasteiger partial charge is 0.0466 e. The molecular formula is C15H22N2. The molecule has 2 heteroatoms. The molecule has 1 fully saturated rings. The maximum atomic E-state index is 4.61. The molecule has 3 rings (SSSR count). The number of hydrogen-bond donors (Lipinski definition) is 1. The third-order valence-corrected chi connectivity index (χ3v) is 4.05. The fraction of sp³-hybridized carbons (Fsp3) is 0.667. The zero-order valence-corrected chi connectivity index (χ0v) is 10.5. The van der Waals surface area contributed by atoms with Gasteiger partial charge in [-0.2, -0.15) is 0 Å². The molecule has 1 aromatic rings. The van der Waals surface area contributed by atoms with Gasteiger partial charge in [0.15, 0.2) is 0 Å². The van der Waals surface area contributed by atoms with Gasteiger partial charge in [-0.25, -0.2) is 0 Å². The molecule has 1 unspecified atom stereocenters. The van der Waals surface area contributed by atoms with Crippen molar-refractivity contribution < 1.29 is 0 Å². The van der Waals surface area contributed by atoms with Crippen molar-refractivity contribution in [3.05, 3.63) is 29.6 Å². The molecule has 0 aliphatic heterocycles. The summed E-state index contributed by atoms with van der Waals surface area (Å²) in [6.07, 6.45) is 11.3. The lowest BCUT2D eigenvalue weighted by atomic mass is 9.84. The van der Waals surface area contributed by atoms with E-state index in [0.717, 1.165) is 12.0 Å². The molecule has 1 saturated carbocycles. The van der Waals surface area contributed by atoms with Crippen LogP contribution in [0.1, 0.15) is 55.7 Å². The Morgan fingerprint density at radius 2 is 2.24 bits per heavy atom. The standard InChI is InChI=1S/C15H22N2/c1-4-12(6-2-10-16-14-8-9-14)15-13(5-1)7-3-11-17-15/h3,7,11-12,14,16H,1-2,4-6,8-10H2. The Balaban J connectivity index is 1.52. The number of nitrogens with one attached hydrogen (secondary N) is 1. The lowest BCUT2D eigenvalue weighted by molar-refractivity contribution is 0.480. The summed E-state index contributed by atoms with van der Waals surface area (Å²) in [5.74, 6) is 0.723. The van der Waals surface area contributed by atoms with E-state index in [9.17, 15) is 0 Å².